The molecule has 0 fully saturated rings. The highest BCUT2D eigenvalue weighted by molar-refractivity contribution is 9.10. The van der Waals surface area contributed by atoms with E-state index in [2.05, 4.69) is 26.3 Å². The zero-order chi connectivity index (χ0) is 14.9. The van der Waals surface area contributed by atoms with Crippen LogP contribution >= 0.6 is 15.9 Å². The van der Waals surface area contributed by atoms with Crippen molar-refractivity contribution in [1.29, 1.82) is 0 Å². The lowest BCUT2D eigenvalue weighted by Crippen LogP contribution is -2.12. The molecule has 0 amide bonds. The lowest BCUT2D eigenvalue weighted by Gasteiger charge is -2.17. The number of hydrogen-bond donors (Lipinski definition) is 1. The number of halogens is 4. The molecule has 1 aromatic heterocycles. The molecule has 0 aliphatic heterocycles. The molecule has 7 heteroatoms. The van der Waals surface area contributed by atoms with E-state index < -0.39 is 11.7 Å². The van der Waals surface area contributed by atoms with Crippen LogP contribution in [0.2, 0.25) is 0 Å². The molecule has 3 nitrogen and oxygen atoms in total. The van der Waals surface area contributed by atoms with Crippen LogP contribution in [0.4, 0.5) is 18.9 Å². The fourth-order valence-corrected chi connectivity index (χ4v) is 2.46. The standard InChI is InChI=1S/C13H13BrF3N3/c1-8(12-3-4-18-20(12)2)19-11-6-9(13(15,16)17)5-10(14)7-11/h3-8,19H,1-2H3. The molecule has 0 saturated carbocycles. The van der Waals surface area contributed by atoms with Gasteiger partial charge in [-0.05, 0) is 31.2 Å². The van der Waals surface area contributed by atoms with Crippen LogP contribution in [0.3, 0.4) is 0 Å². The highest BCUT2D eigenvalue weighted by atomic mass is 79.9. The second-order valence-corrected chi connectivity index (χ2v) is 5.39. The van der Waals surface area contributed by atoms with Crippen molar-refractivity contribution >= 4 is 21.6 Å². The van der Waals surface area contributed by atoms with E-state index in [1.165, 1.54) is 0 Å². The van der Waals surface area contributed by atoms with Crippen molar-refractivity contribution in [3.8, 4) is 0 Å². The van der Waals surface area contributed by atoms with Crippen LogP contribution in [0.5, 0.6) is 0 Å². The molecule has 1 unspecified atom stereocenters. The first-order valence-electron chi connectivity index (χ1n) is 5.89. The molecule has 1 atom stereocenters. The summed E-state index contributed by atoms with van der Waals surface area (Å²) in [7, 11) is 1.79. The van der Waals surface area contributed by atoms with Gasteiger partial charge >= 0.3 is 6.18 Å². The minimum Gasteiger partial charge on any atom is -0.377 e. The van der Waals surface area contributed by atoms with Gasteiger partial charge in [-0.15, -0.1) is 0 Å². The van der Waals surface area contributed by atoms with Gasteiger partial charge in [0, 0.05) is 23.4 Å². The summed E-state index contributed by atoms with van der Waals surface area (Å²) >= 11 is 3.10. The Morgan fingerprint density at radius 3 is 2.55 bits per heavy atom. The molecule has 2 rings (SSSR count). The zero-order valence-electron chi connectivity index (χ0n) is 10.9. The van der Waals surface area contributed by atoms with Gasteiger partial charge in [-0.25, -0.2) is 0 Å². The normalized spacial score (nSPS) is 13.3. The van der Waals surface area contributed by atoms with Gasteiger partial charge in [0.25, 0.3) is 0 Å². The van der Waals surface area contributed by atoms with E-state index >= 15 is 0 Å². The molecule has 1 N–H and O–H groups in total. The molecule has 0 spiro atoms. The molecule has 108 valence electrons. The molecule has 1 heterocycles. The molecule has 0 aliphatic carbocycles. The van der Waals surface area contributed by atoms with Gasteiger partial charge in [0.2, 0.25) is 0 Å². The third kappa shape index (κ3) is 3.33. The number of rotatable bonds is 3. The molecule has 0 saturated heterocycles. The number of aryl methyl sites for hydroxylation is 1. The van der Waals surface area contributed by atoms with E-state index in [9.17, 15) is 13.2 Å². The Hall–Kier alpha value is -1.50. The molecular weight excluding hydrogens is 335 g/mol. The first-order valence-corrected chi connectivity index (χ1v) is 6.69. The minimum atomic E-state index is -4.37. The maximum Gasteiger partial charge on any atom is 0.416 e. The van der Waals surface area contributed by atoms with Gasteiger partial charge in [0.15, 0.2) is 0 Å². The van der Waals surface area contributed by atoms with Crippen LogP contribution in [0.25, 0.3) is 0 Å². The third-order valence-corrected chi connectivity index (χ3v) is 3.37. The first kappa shape index (κ1) is 14.9. The summed E-state index contributed by atoms with van der Waals surface area (Å²) in [6.45, 7) is 1.87. The average Bonchev–Trinajstić information content (AvgIpc) is 2.73. The van der Waals surface area contributed by atoms with E-state index in [1.807, 2.05) is 13.0 Å². The van der Waals surface area contributed by atoms with E-state index in [1.54, 1.807) is 24.0 Å². The summed E-state index contributed by atoms with van der Waals surface area (Å²) in [5.41, 5.74) is 0.602. The second kappa shape index (κ2) is 5.47. The van der Waals surface area contributed by atoms with Crippen molar-refractivity contribution in [1.82, 2.24) is 9.78 Å². The molecular formula is C13H13BrF3N3. The monoisotopic (exact) mass is 347 g/mol. The van der Waals surface area contributed by atoms with Crippen molar-refractivity contribution in [2.75, 3.05) is 5.32 Å². The quantitative estimate of drug-likeness (QED) is 0.893. The highest BCUT2D eigenvalue weighted by Gasteiger charge is 2.31. The fraction of sp³-hybridized carbons (Fsp3) is 0.308. The summed E-state index contributed by atoms with van der Waals surface area (Å²) in [5.74, 6) is 0. The number of hydrogen-bond acceptors (Lipinski definition) is 2. The van der Waals surface area contributed by atoms with Crippen LogP contribution in [0.15, 0.2) is 34.9 Å². The lowest BCUT2D eigenvalue weighted by molar-refractivity contribution is -0.137. The number of nitrogens with zero attached hydrogens (tertiary/aromatic N) is 2. The van der Waals surface area contributed by atoms with Crippen LogP contribution < -0.4 is 5.32 Å². The van der Waals surface area contributed by atoms with E-state index in [0.717, 1.165) is 17.8 Å². The van der Waals surface area contributed by atoms with Gasteiger partial charge in [0.1, 0.15) is 0 Å². The number of anilines is 1. The van der Waals surface area contributed by atoms with Crippen molar-refractivity contribution in [2.24, 2.45) is 7.05 Å². The van der Waals surface area contributed by atoms with E-state index in [0.29, 0.717) is 10.2 Å². The van der Waals surface area contributed by atoms with E-state index in [-0.39, 0.29) is 6.04 Å². The van der Waals surface area contributed by atoms with Crippen molar-refractivity contribution in [2.45, 2.75) is 19.1 Å². The smallest absolute Gasteiger partial charge is 0.377 e. The molecule has 0 bridgehead atoms. The van der Waals surface area contributed by atoms with Crippen LogP contribution in [0.1, 0.15) is 24.2 Å². The van der Waals surface area contributed by atoms with Crippen molar-refractivity contribution in [3.63, 3.8) is 0 Å². The van der Waals surface area contributed by atoms with Crippen LogP contribution in [0, 0.1) is 0 Å². The third-order valence-electron chi connectivity index (χ3n) is 2.91. The van der Waals surface area contributed by atoms with Crippen LogP contribution in [-0.4, -0.2) is 9.78 Å². The second-order valence-electron chi connectivity index (χ2n) is 4.47. The summed E-state index contributed by atoms with van der Waals surface area (Å²) in [5, 5.41) is 7.09. The molecule has 0 aliphatic rings. The van der Waals surface area contributed by atoms with Gasteiger partial charge in [0.05, 0.1) is 17.3 Å². The number of aromatic nitrogens is 2. The van der Waals surface area contributed by atoms with Crippen molar-refractivity contribution in [3.05, 3.63) is 46.2 Å². The Morgan fingerprint density at radius 1 is 1.30 bits per heavy atom. The SMILES string of the molecule is CC(Nc1cc(Br)cc(C(F)(F)F)c1)c1ccnn1C. The largest absolute Gasteiger partial charge is 0.416 e. The summed E-state index contributed by atoms with van der Waals surface area (Å²) < 4.78 is 40.3. The summed E-state index contributed by atoms with van der Waals surface area (Å²) in [6.07, 6.45) is -2.72. The molecule has 1 aromatic carbocycles. The average molecular weight is 348 g/mol. The van der Waals surface area contributed by atoms with Gasteiger partial charge in [-0.1, -0.05) is 15.9 Å². The number of alkyl halides is 3. The van der Waals surface area contributed by atoms with Crippen LogP contribution in [-0.2, 0) is 13.2 Å². The maximum absolute atomic E-state index is 12.8. The highest BCUT2D eigenvalue weighted by Crippen LogP contribution is 2.34. The molecule has 20 heavy (non-hydrogen) atoms. The first-order chi connectivity index (χ1) is 9.27. The summed E-state index contributed by atoms with van der Waals surface area (Å²) in [4.78, 5) is 0. The maximum atomic E-state index is 12.8. The van der Waals surface area contributed by atoms with Gasteiger partial charge in [-0.2, -0.15) is 18.3 Å². The lowest BCUT2D eigenvalue weighted by atomic mass is 10.1. The predicted octanol–water partition coefficient (Wildman–Crippen LogP) is 4.37. The van der Waals surface area contributed by atoms with Crippen molar-refractivity contribution < 1.29 is 13.2 Å². The Balaban J connectivity index is 2.26. The number of nitrogens with one attached hydrogen (secondary N) is 1. The Kier molecular flexibility index (Phi) is 4.08. The minimum absolute atomic E-state index is 0.155. The Labute approximate surface area is 122 Å². The Bertz CT molecular complexity index is 607. The Morgan fingerprint density at radius 2 is 2.00 bits per heavy atom. The predicted molar refractivity (Wildman–Crippen MR) is 74.4 cm³/mol. The molecule has 2 aromatic rings. The number of benzene rings is 1. The zero-order valence-corrected chi connectivity index (χ0v) is 12.5. The molecule has 0 radical (unpaired) electrons. The fourth-order valence-electron chi connectivity index (χ4n) is 1.97. The van der Waals surface area contributed by atoms with E-state index in [4.69, 9.17) is 0 Å². The van der Waals surface area contributed by atoms with Gasteiger partial charge in [-0.3, -0.25) is 4.68 Å². The topological polar surface area (TPSA) is 29.9 Å². The van der Waals surface area contributed by atoms with Gasteiger partial charge < -0.3 is 5.32 Å². The summed E-state index contributed by atoms with van der Waals surface area (Å²) in [6, 6.07) is 5.43.